The van der Waals surface area contributed by atoms with Gasteiger partial charge in [0, 0.05) is 13.5 Å². The molecule has 0 radical (unpaired) electrons. The number of nitrogens with zero attached hydrogens (tertiary/aromatic N) is 1. The zero-order valence-corrected chi connectivity index (χ0v) is 7.33. The molecule has 3 nitrogen and oxygen atoms in total. The van der Waals surface area contributed by atoms with E-state index in [9.17, 15) is 4.79 Å². The van der Waals surface area contributed by atoms with Crippen molar-refractivity contribution >= 4 is 5.91 Å². The molecule has 11 heavy (non-hydrogen) atoms. The minimum absolute atomic E-state index is 0.0850. The molecule has 2 atom stereocenters. The quantitative estimate of drug-likeness (QED) is 0.573. The van der Waals surface area contributed by atoms with E-state index in [0.29, 0.717) is 12.3 Å². The standard InChI is InChI=1S/C8H15NO2/c1-6-4-7(6)5-8(10)9(2)11-3/h6-7H,4-5H2,1-3H3. The smallest absolute Gasteiger partial charge is 0.246 e. The average Bonchev–Trinajstić information content (AvgIpc) is 2.65. The Labute approximate surface area is 67.3 Å². The number of hydrogen-bond acceptors (Lipinski definition) is 2. The second-order valence-corrected chi connectivity index (χ2v) is 3.25. The number of rotatable bonds is 3. The molecule has 1 aliphatic rings. The predicted molar refractivity (Wildman–Crippen MR) is 41.7 cm³/mol. The van der Waals surface area contributed by atoms with E-state index in [1.54, 1.807) is 7.05 Å². The summed E-state index contributed by atoms with van der Waals surface area (Å²) >= 11 is 0. The summed E-state index contributed by atoms with van der Waals surface area (Å²) in [5, 5.41) is 1.30. The van der Waals surface area contributed by atoms with Gasteiger partial charge >= 0.3 is 0 Å². The van der Waals surface area contributed by atoms with Crippen LogP contribution in [0.4, 0.5) is 0 Å². The van der Waals surface area contributed by atoms with E-state index in [1.165, 1.54) is 18.6 Å². The first-order valence-corrected chi connectivity index (χ1v) is 3.95. The minimum Gasteiger partial charge on any atom is -0.275 e. The van der Waals surface area contributed by atoms with Crippen LogP contribution in [0.15, 0.2) is 0 Å². The summed E-state index contributed by atoms with van der Waals surface area (Å²) in [5.41, 5.74) is 0. The predicted octanol–water partition coefficient (Wildman–Crippen LogP) is 1.05. The molecule has 1 saturated carbocycles. The van der Waals surface area contributed by atoms with Crippen molar-refractivity contribution in [3.8, 4) is 0 Å². The van der Waals surface area contributed by atoms with Crippen molar-refractivity contribution in [3.05, 3.63) is 0 Å². The average molecular weight is 157 g/mol. The van der Waals surface area contributed by atoms with Crippen molar-refractivity contribution in [1.29, 1.82) is 0 Å². The first kappa shape index (κ1) is 8.53. The molecule has 2 unspecified atom stereocenters. The summed E-state index contributed by atoms with van der Waals surface area (Å²) in [6, 6.07) is 0. The molecule has 1 fully saturated rings. The number of hydroxylamine groups is 2. The van der Waals surface area contributed by atoms with Crippen molar-refractivity contribution in [1.82, 2.24) is 5.06 Å². The molecule has 0 N–H and O–H groups in total. The van der Waals surface area contributed by atoms with E-state index < -0.39 is 0 Å². The van der Waals surface area contributed by atoms with Gasteiger partial charge in [0.25, 0.3) is 0 Å². The van der Waals surface area contributed by atoms with Crippen LogP contribution in [0.2, 0.25) is 0 Å². The van der Waals surface area contributed by atoms with Crippen LogP contribution in [0.3, 0.4) is 0 Å². The molecule has 0 bridgehead atoms. The van der Waals surface area contributed by atoms with Crippen LogP contribution >= 0.6 is 0 Å². The van der Waals surface area contributed by atoms with E-state index in [2.05, 4.69) is 6.92 Å². The van der Waals surface area contributed by atoms with Crippen LogP contribution in [0, 0.1) is 11.8 Å². The maximum Gasteiger partial charge on any atom is 0.246 e. The third kappa shape index (κ3) is 2.19. The van der Waals surface area contributed by atoms with Gasteiger partial charge in [0.1, 0.15) is 0 Å². The van der Waals surface area contributed by atoms with E-state index in [0.717, 1.165) is 5.92 Å². The van der Waals surface area contributed by atoms with Gasteiger partial charge < -0.3 is 0 Å². The first-order chi connectivity index (χ1) is 5.15. The molecular weight excluding hydrogens is 142 g/mol. The Balaban J connectivity index is 2.21. The number of hydrogen-bond donors (Lipinski definition) is 0. The van der Waals surface area contributed by atoms with E-state index in [1.807, 2.05) is 0 Å². The molecule has 1 amide bonds. The lowest BCUT2D eigenvalue weighted by molar-refractivity contribution is -0.169. The van der Waals surface area contributed by atoms with E-state index in [4.69, 9.17) is 4.84 Å². The van der Waals surface area contributed by atoms with E-state index >= 15 is 0 Å². The van der Waals surface area contributed by atoms with Crippen LogP contribution in [-0.4, -0.2) is 25.1 Å². The molecule has 0 heterocycles. The van der Waals surface area contributed by atoms with Crippen molar-refractivity contribution < 1.29 is 9.63 Å². The molecule has 3 heteroatoms. The number of amides is 1. The molecular formula is C8H15NO2. The largest absolute Gasteiger partial charge is 0.275 e. The highest BCUT2D eigenvalue weighted by Gasteiger charge is 2.34. The van der Waals surface area contributed by atoms with Crippen molar-refractivity contribution in [2.75, 3.05) is 14.2 Å². The SMILES string of the molecule is CON(C)C(=O)CC1CC1C. The first-order valence-electron chi connectivity index (χ1n) is 3.95. The van der Waals surface area contributed by atoms with Gasteiger partial charge in [0.15, 0.2) is 0 Å². The van der Waals surface area contributed by atoms with Gasteiger partial charge in [-0.1, -0.05) is 6.92 Å². The lowest BCUT2D eigenvalue weighted by Gasteiger charge is -2.12. The second-order valence-electron chi connectivity index (χ2n) is 3.25. The Morgan fingerprint density at radius 1 is 1.73 bits per heavy atom. The van der Waals surface area contributed by atoms with Gasteiger partial charge in [-0.3, -0.25) is 9.63 Å². The molecule has 0 aromatic rings. The Hall–Kier alpha value is -0.570. The monoisotopic (exact) mass is 157 g/mol. The fraction of sp³-hybridized carbons (Fsp3) is 0.875. The Morgan fingerprint density at radius 2 is 2.27 bits per heavy atom. The van der Waals surface area contributed by atoms with Crippen molar-refractivity contribution in [2.24, 2.45) is 11.8 Å². The molecule has 0 aromatic carbocycles. The maximum absolute atomic E-state index is 11.2. The fourth-order valence-electron chi connectivity index (χ4n) is 1.14. The molecule has 0 saturated heterocycles. The number of carbonyl (C=O) groups excluding carboxylic acids is 1. The topological polar surface area (TPSA) is 29.5 Å². The van der Waals surface area contributed by atoms with Gasteiger partial charge in [0.2, 0.25) is 5.91 Å². The van der Waals surface area contributed by atoms with Crippen LogP contribution < -0.4 is 0 Å². The van der Waals surface area contributed by atoms with Crippen LogP contribution in [0.5, 0.6) is 0 Å². The van der Waals surface area contributed by atoms with Crippen LogP contribution in [0.1, 0.15) is 19.8 Å². The zero-order chi connectivity index (χ0) is 8.43. The summed E-state index contributed by atoms with van der Waals surface area (Å²) in [5.74, 6) is 1.44. The van der Waals surface area contributed by atoms with Crippen LogP contribution in [0.25, 0.3) is 0 Å². The van der Waals surface area contributed by atoms with Crippen LogP contribution in [-0.2, 0) is 9.63 Å². The molecule has 0 aromatic heterocycles. The summed E-state index contributed by atoms with van der Waals surface area (Å²) in [7, 11) is 3.16. The van der Waals surface area contributed by atoms with Gasteiger partial charge in [-0.15, -0.1) is 0 Å². The van der Waals surface area contributed by atoms with Gasteiger partial charge in [-0.05, 0) is 18.3 Å². The molecule has 64 valence electrons. The van der Waals surface area contributed by atoms with Gasteiger partial charge in [-0.2, -0.15) is 0 Å². The lowest BCUT2D eigenvalue weighted by atomic mass is 10.2. The minimum atomic E-state index is 0.0850. The summed E-state index contributed by atoms with van der Waals surface area (Å²) in [6.45, 7) is 2.17. The molecule has 1 rings (SSSR count). The summed E-state index contributed by atoms with van der Waals surface area (Å²) in [6.07, 6.45) is 1.84. The normalized spacial score (nSPS) is 28.3. The molecule has 0 spiro atoms. The highest BCUT2D eigenvalue weighted by atomic mass is 16.7. The Kier molecular flexibility index (Phi) is 2.49. The zero-order valence-electron chi connectivity index (χ0n) is 7.33. The second kappa shape index (κ2) is 3.22. The lowest BCUT2D eigenvalue weighted by Crippen LogP contribution is -2.25. The molecule has 1 aliphatic carbocycles. The highest BCUT2D eigenvalue weighted by Crippen LogP contribution is 2.40. The maximum atomic E-state index is 11.2. The fourth-order valence-corrected chi connectivity index (χ4v) is 1.14. The molecule has 0 aliphatic heterocycles. The van der Waals surface area contributed by atoms with Crippen molar-refractivity contribution in [3.63, 3.8) is 0 Å². The highest BCUT2D eigenvalue weighted by molar-refractivity contribution is 5.75. The third-order valence-corrected chi connectivity index (χ3v) is 2.34. The van der Waals surface area contributed by atoms with Gasteiger partial charge in [-0.25, -0.2) is 5.06 Å². The van der Waals surface area contributed by atoms with Gasteiger partial charge in [0.05, 0.1) is 7.11 Å². The number of carbonyl (C=O) groups is 1. The van der Waals surface area contributed by atoms with Crippen molar-refractivity contribution in [2.45, 2.75) is 19.8 Å². The summed E-state index contributed by atoms with van der Waals surface area (Å²) in [4.78, 5) is 15.9. The Morgan fingerprint density at radius 3 is 2.64 bits per heavy atom. The summed E-state index contributed by atoms with van der Waals surface area (Å²) < 4.78 is 0. The van der Waals surface area contributed by atoms with E-state index in [-0.39, 0.29) is 5.91 Å². The third-order valence-electron chi connectivity index (χ3n) is 2.34. The Bertz CT molecular complexity index is 158.